The van der Waals surface area contributed by atoms with Crippen LogP contribution in [-0.4, -0.2) is 82.3 Å². The van der Waals surface area contributed by atoms with Crippen LogP contribution in [0, 0.1) is 46.3 Å². The fourth-order valence-electron chi connectivity index (χ4n) is 12.0. The van der Waals surface area contributed by atoms with Gasteiger partial charge in [0.1, 0.15) is 0 Å². The van der Waals surface area contributed by atoms with Crippen molar-refractivity contribution in [3.8, 4) is 0 Å². The van der Waals surface area contributed by atoms with Gasteiger partial charge in [-0.25, -0.2) is 0 Å². The summed E-state index contributed by atoms with van der Waals surface area (Å²) >= 11 is 0. The number of ether oxygens (including phenoxy) is 3. The van der Waals surface area contributed by atoms with Gasteiger partial charge in [0.05, 0.1) is 18.3 Å². The molecule has 0 saturated heterocycles. The molecule has 6 N–H and O–H groups in total. The molecule has 51 heavy (non-hydrogen) atoms. The first kappa shape index (κ1) is 43.2. The molecule has 0 spiro atoms. The molecule has 7 heteroatoms. The zero-order valence-electron chi connectivity index (χ0n) is 34.0. The molecular formula is C44H84N4O3. The maximum Gasteiger partial charge on any atom is 0.0637 e. The van der Waals surface area contributed by atoms with Crippen LogP contribution in [0.2, 0.25) is 0 Å². The van der Waals surface area contributed by atoms with Gasteiger partial charge in [0.25, 0.3) is 0 Å². The lowest BCUT2D eigenvalue weighted by Gasteiger charge is -2.65. The van der Waals surface area contributed by atoms with Crippen molar-refractivity contribution >= 4 is 0 Å². The number of nitrogens with zero attached hydrogens (tertiary/aromatic N) is 1. The minimum atomic E-state index is 0.162. The topological polar surface area (TPSA) is 109 Å². The van der Waals surface area contributed by atoms with Crippen molar-refractivity contribution < 1.29 is 14.2 Å². The van der Waals surface area contributed by atoms with Gasteiger partial charge in [0.2, 0.25) is 0 Å². The van der Waals surface area contributed by atoms with Gasteiger partial charge in [-0.2, -0.15) is 0 Å². The van der Waals surface area contributed by atoms with Gasteiger partial charge in [-0.05, 0) is 157 Å². The zero-order chi connectivity index (χ0) is 36.7. The minimum absolute atomic E-state index is 0.162. The van der Waals surface area contributed by atoms with E-state index < -0.39 is 0 Å². The van der Waals surface area contributed by atoms with Crippen LogP contribution in [0.15, 0.2) is 12.7 Å². The normalized spacial score (nSPS) is 35.4. The number of hydrogen-bond acceptors (Lipinski definition) is 7. The summed E-state index contributed by atoms with van der Waals surface area (Å²) in [4.78, 5) is 2.66. The Labute approximate surface area is 315 Å². The summed E-state index contributed by atoms with van der Waals surface area (Å²) in [5, 5.41) is 0. The van der Waals surface area contributed by atoms with Gasteiger partial charge in [0.15, 0.2) is 0 Å². The maximum absolute atomic E-state index is 7.08. The van der Waals surface area contributed by atoms with Crippen LogP contribution in [0.4, 0.5) is 0 Å². The molecule has 0 unspecified atom stereocenters. The third-order valence-corrected chi connectivity index (χ3v) is 14.8. The Balaban J connectivity index is 1.49. The van der Waals surface area contributed by atoms with E-state index in [1.807, 2.05) is 0 Å². The highest BCUT2D eigenvalue weighted by molar-refractivity contribution is 5.15. The fraction of sp³-hybridized carbons (Fsp3) is 0.955. The summed E-state index contributed by atoms with van der Waals surface area (Å²) in [5.41, 5.74) is 18.3. The molecule has 0 amide bonds. The standard InChI is InChI=1S/C44H84N4O3/c1-6-8-9-10-11-12-26-48(25-7-2)27-13-17-34(3)37-18-19-38-42-39(33-41(44(37,38)5)51-30-16-24-47)43(4)21-20-36(49-28-14-22-45)31-35(43)32-40(42)50-29-15-23-46/h7,34-42H,2,6,8-33,45-47H2,1,3-5H3/t34-,35+,36-,37-,38+,39+,40-,41+,42+,43+,44-/m1/s1. The smallest absolute Gasteiger partial charge is 0.0637 e. The molecular weight excluding hydrogens is 633 g/mol. The average molecular weight is 717 g/mol. The summed E-state index contributed by atoms with van der Waals surface area (Å²) in [6, 6.07) is 0. The second kappa shape index (κ2) is 22.1. The van der Waals surface area contributed by atoms with Crippen molar-refractivity contribution in [2.24, 2.45) is 63.5 Å². The van der Waals surface area contributed by atoms with Crippen molar-refractivity contribution in [3.63, 3.8) is 0 Å². The maximum atomic E-state index is 7.08. The number of rotatable bonds is 26. The van der Waals surface area contributed by atoms with Crippen LogP contribution in [0.5, 0.6) is 0 Å². The Kier molecular flexibility index (Phi) is 18.7. The predicted octanol–water partition coefficient (Wildman–Crippen LogP) is 8.33. The molecule has 4 saturated carbocycles. The molecule has 4 aliphatic carbocycles. The largest absolute Gasteiger partial charge is 0.378 e. The first-order valence-corrected chi connectivity index (χ1v) is 22.1. The molecule has 0 radical (unpaired) electrons. The van der Waals surface area contributed by atoms with E-state index in [4.69, 9.17) is 31.4 Å². The van der Waals surface area contributed by atoms with Gasteiger partial charge in [0, 0.05) is 31.8 Å². The highest BCUT2D eigenvalue weighted by Gasteiger charge is 2.66. The van der Waals surface area contributed by atoms with Crippen LogP contribution in [-0.2, 0) is 14.2 Å². The van der Waals surface area contributed by atoms with E-state index in [-0.39, 0.29) is 11.5 Å². The van der Waals surface area contributed by atoms with Crippen LogP contribution >= 0.6 is 0 Å². The van der Waals surface area contributed by atoms with Gasteiger partial charge in [-0.1, -0.05) is 65.9 Å². The zero-order valence-corrected chi connectivity index (χ0v) is 34.0. The van der Waals surface area contributed by atoms with E-state index in [0.717, 1.165) is 52.0 Å². The molecule has 0 aromatic heterocycles. The molecule has 4 rings (SSSR count). The fourth-order valence-corrected chi connectivity index (χ4v) is 12.0. The Hall–Kier alpha value is -0.540. The van der Waals surface area contributed by atoms with Crippen molar-refractivity contribution in [1.29, 1.82) is 0 Å². The average Bonchev–Trinajstić information content (AvgIpc) is 3.48. The van der Waals surface area contributed by atoms with Crippen LogP contribution < -0.4 is 17.2 Å². The first-order chi connectivity index (χ1) is 24.8. The summed E-state index contributed by atoms with van der Waals surface area (Å²) in [7, 11) is 0. The highest BCUT2D eigenvalue weighted by Crippen LogP contribution is 2.69. The van der Waals surface area contributed by atoms with Crippen LogP contribution in [0.1, 0.15) is 143 Å². The lowest BCUT2D eigenvalue weighted by Crippen LogP contribution is -2.63. The highest BCUT2D eigenvalue weighted by atomic mass is 16.5. The molecule has 11 atom stereocenters. The lowest BCUT2D eigenvalue weighted by molar-refractivity contribution is -0.227. The molecule has 0 heterocycles. The molecule has 0 aromatic rings. The minimum Gasteiger partial charge on any atom is -0.378 e. The van der Waals surface area contributed by atoms with Gasteiger partial charge in [-0.15, -0.1) is 6.58 Å². The molecule has 0 bridgehead atoms. The van der Waals surface area contributed by atoms with Crippen LogP contribution in [0.25, 0.3) is 0 Å². The van der Waals surface area contributed by atoms with Crippen molar-refractivity contribution in [2.75, 3.05) is 59.1 Å². The van der Waals surface area contributed by atoms with Gasteiger partial charge >= 0.3 is 0 Å². The monoisotopic (exact) mass is 717 g/mol. The Morgan fingerprint density at radius 2 is 1.43 bits per heavy atom. The molecule has 4 fully saturated rings. The molecule has 298 valence electrons. The van der Waals surface area contributed by atoms with Gasteiger partial charge < -0.3 is 31.4 Å². The SMILES string of the molecule is C=CCN(CCCCCCCC)CCC[C@@H](C)[C@H]1CC[C@H]2[C@@H]3[C@H](OCCCN)C[C@@H]4C[C@H](OCCCN)CC[C@]4(C)[C@H]3C[C@H](OCCCN)[C@]12C. The summed E-state index contributed by atoms with van der Waals surface area (Å²) in [6.07, 6.45) is 25.1. The van der Waals surface area contributed by atoms with Crippen molar-refractivity contribution in [1.82, 2.24) is 4.90 Å². The number of hydrogen-bond donors (Lipinski definition) is 3. The molecule has 7 nitrogen and oxygen atoms in total. The van der Waals surface area contributed by atoms with E-state index in [0.29, 0.717) is 72.8 Å². The predicted molar refractivity (Wildman–Crippen MR) is 215 cm³/mol. The third kappa shape index (κ3) is 11.0. The molecule has 0 aromatic carbocycles. The summed E-state index contributed by atoms with van der Waals surface area (Å²) in [5.74, 6) is 3.83. The lowest BCUT2D eigenvalue weighted by atomic mass is 9.43. The second-order valence-corrected chi connectivity index (χ2v) is 18.0. The van der Waals surface area contributed by atoms with Crippen molar-refractivity contribution in [2.45, 2.75) is 162 Å². The van der Waals surface area contributed by atoms with E-state index in [1.54, 1.807) is 0 Å². The van der Waals surface area contributed by atoms with Crippen molar-refractivity contribution in [3.05, 3.63) is 12.7 Å². The van der Waals surface area contributed by atoms with Crippen LogP contribution in [0.3, 0.4) is 0 Å². The Bertz CT molecular complexity index is 969. The van der Waals surface area contributed by atoms with E-state index in [2.05, 4.69) is 45.2 Å². The Morgan fingerprint density at radius 3 is 2.14 bits per heavy atom. The first-order valence-electron chi connectivity index (χ1n) is 22.1. The van der Waals surface area contributed by atoms with Gasteiger partial charge in [-0.3, -0.25) is 4.90 Å². The van der Waals surface area contributed by atoms with E-state index >= 15 is 0 Å². The summed E-state index contributed by atoms with van der Waals surface area (Å²) < 4.78 is 20.5. The second-order valence-electron chi connectivity index (χ2n) is 18.0. The quantitative estimate of drug-likeness (QED) is 0.0610. The van der Waals surface area contributed by atoms with E-state index in [1.165, 1.54) is 103 Å². The Morgan fingerprint density at radius 1 is 0.765 bits per heavy atom. The molecule has 0 aliphatic heterocycles. The number of fused-ring (bicyclic) bond motifs is 5. The number of nitrogens with two attached hydrogens (primary N) is 3. The number of unbranched alkanes of at least 4 members (excludes halogenated alkanes) is 5. The molecule has 4 aliphatic rings. The third-order valence-electron chi connectivity index (χ3n) is 14.8. The summed E-state index contributed by atoms with van der Waals surface area (Å²) in [6.45, 7) is 22.1. The van der Waals surface area contributed by atoms with E-state index in [9.17, 15) is 0 Å².